The first-order valence-electron chi connectivity index (χ1n) is 10.1. The van der Waals surface area contributed by atoms with Crippen molar-refractivity contribution in [2.75, 3.05) is 18.0 Å². The first kappa shape index (κ1) is 20.6. The van der Waals surface area contributed by atoms with E-state index in [4.69, 9.17) is 28.3 Å². The van der Waals surface area contributed by atoms with Crippen LogP contribution in [0, 0.1) is 0 Å². The maximum Gasteiger partial charge on any atom is 0.255 e. The molecule has 0 radical (unpaired) electrons. The van der Waals surface area contributed by atoms with E-state index in [1.807, 2.05) is 53.2 Å². The van der Waals surface area contributed by atoms with Gasteiger partial charge >= 0.3 is 0 Å². The van der Waals surface area contributed by atoms with E-state index in [-0.39, 0.29) is 27.4 Å². The molecule has 0 bridgehead atoms. The zero-order valence-electron chi connectivity index (χ0n) is 16.9. The summed E-state index contributed by atoms with van der Waals surface area (Å²) in [5, 5.41) is 18.2. The van der Waals surface area contributed by atoms with Crippen molar-refractivity contribution < 1.29 is 9.90 Å². The standard InChI is InChI=1S/C23H19Cl2N5O2/c24-15-10-17(22(31)18(25)11-15)23(32)27-16-8-9-29(13-16)21-7-6-20-26-12-19(30(20)28-21)14-4-2-1-3-5-14/h1-7,10-12,16,31H,8-9,13H2,(H,27,32)/t16-/m0/s1. The molecule has 5 rings (SSSR count). The Balaban J connectivity index is 1.34. The maximum atomic E-state index is 12.7. The highest BCUT2D eigenvalue weighted by molar-refractivity contribution is 6.36. The van der Waals surface area contributed by atoms with Gasteiger partial charge in [0.25, 0.3) is 5.91 Å². The summed E-state index contributed by atoms with van der Waals surface area (Å²) in [5.74, 6) is 0.116. The number of anilines is 1. The van der Waals surface area contributed by atoms with E-state index in [1.165, 1.54) is 12.1 Å². The highest BCUT2D eigenvalue weighted by atomic mass is 35.5. The van der Waals surface area contributed by atoms with Crippen LogP contribution in [0.2, 0.25) is 10.0 Å². The summed E-state index contributed by atoms with van der Waals surface area (Å²) in [5.41, 5.74) is 2.78. The van der Waals surface area contributed by atoms with Gasteiger partial charge in [-0.25, -0.2) is 9.50 Å². The number of aromatic hydroxyl groups is 1. The summed E-state index contributed by atoms with van der Waals surface area (Å²) in [6.45, 7) is 1.33. The second-order valence-electron chi connectivity index (χ2n) is 7.66. The van der Waals surface area contributed by atoms with Crippen LogP contribution in [-0.4, -0.2) is 44.7 Å². The molecule has 2 aromatic heterocycles. The number of fused-ring (bicyclic) bond motifs is 1. The van der Waals surface area contributed by atoms with Gasteiger partial charge in [0.1, 0.15) is 11.6 Å². The van der Waals surface area contributed by atoms with E-state index >= 15 is 0 Å². The molecule has 1 aliphatic rings. The fourth-order valence-corrected chi connectivity index (χ4v) is 4.42. The number of carbonyl (C=O) groups excluding carboxylic acids is 1. The summed E-state index contributed by atoms with van der Waals surface area (Å²) in [7, 11) is 0. The van der Waals surface area contributed by atoms with Gasteiger partial charge < -0.3 is 15.3 Å². The second-order valence-corrected chi connectivity index (χ2v) is 8.50. The van der Waals surface area contributed by atoms with Gasteiger partial charge in [-0.05, 0) is 30.7 Å². The Morgan fingerprint density at radius 1 is 1.12 bits per heavy atom. The lowest BCUT2D eigenvalue weighted by Gasteiger charge is -2.18. The van der Waals surface area contributed by atoms with E-state index in [0.29, 0.717) is 6.54 Å². The molecule has 0 unspecified atom stereocenters. The van der Waals surface area contributed by atoms with Crippen LogP contribution >= 0.6 is 23.2 Å². The molecular weight excluding hydrogens is 449 g/mol. The van der Waals surface area contributed by atoms with Crippen LogP contribution in [-0.2, 0) is 0 Å². The minimum absolute atomic E-state index is 0.0442. The Morgan fingerprint density at radius 2 is 1.94 bits per heavy atom. The SMILES string of the molecule is O=C(N[C@H]1CCN(c2ccc3ncc(-c4ccccc4)n3n2)C1)c1cc(Cl)cc(Cl)c1O. The number of nitrogens with one attached hydrogen (secondary N) is 1. The predicted octanol–water partition coefficient (Wildman–Crippen LogP) is 4.42. The van der Waals surface area contributed by atoms with Crippen LogP contribution in [0.4, 0.5) is 5.82 Å². The molecule has 9 heteroatoms. The number of aromatic nitrogens is 3. The number of nitrogens with zero attached hydrogens (tertiary/aromatic N) is 4. The van der Waals surface area contributed by atoms with Crippen LogP contribution in [0.3, 0.4) is 0 Å². The molecule has 2 N–H and O–H groups in total. The van der Waals surface area contributed by atoms with Crippen molar-refractivity contribution in [2.24, 2.45) is 0 Å². The molecule has 1 atom stereocenters. The Bertz CT molecular complexity index is 1310. The molecule has 1 fully saturated rings. The number of phenols is 1. The Kier molecular flexibility index (Phi) is 5.36. The summed E-state index contributed by atoms with van der Waals surface area (Å²) in [6.07, 6.45) is 2.56. The third-order valence-electron chi connectivity index (χ3n) is 5.54. The molecule has 32 heavy (non-hydrogen) atoms. The van der Waals surface area contributed by atoms with Crippen molar-refractivity contribution in [2.45, 2.75) is 12.5 Å². The summed E-state index contributed by atoms with van der Waals surface area (Å²) in [4.78, 5) is 19.2. The molecule has 1 aliphatic heterocycles. The van der Waals surface area contributed by atoms with Crippen LogP contribution in [0.1, 0.15) is 16.8 Å². The molecule has 4 aromatic rings. The smallest absolute Gasteiger partial charge is 0.255 e. The molecule has 7 nitrogen and oxygen atoms in total. The predicted molar refractivity (Wildman–Crippen MR) is 125 cm³/mol. The minimum Gasteiger partial charge on any atom is -0.506 e. The number of amides is 1. The molecule has 1 saturated heterocycles. The number of hydrogen-bond acceptors (Lipinski definition) is 5. The van der Waals surface area contributed by atoms with Gasteiger partial charge in [0.15, 0.2) is 5.65 Å². The molecule has 0 aliphatic carbocycles. The van der Waals surface area contributed by atoms with Crippen LogP contribution in [0.25, 0.3) is 16.9 Å². The average Bonchev–Trinajstić information content (AvgIpc) is 3.43. The maximum absolute atomic E-state index is 12.7. The molecule has 0 spiro atoms. The highest BCUT2D eigenvalue weighted by Gasteiger charge is 2.27. The first-order valence-corrected chi connectivity index (χ1v) is 10.9. The zero-order chi connectivity index (χ0) is 22.2. The van der Waals surface area contributed by atoms with Gasteiger partial charge in [-0.1, -0.05) is 53.5 Å². The van der Waals surface area contributed by atoms with Crippen molar-refractivity contribution in [1.29, 1.82) is 0 Å². The van der Waals surface area contributed by atoms with Crippen molar-refractivity contribution in [3.05, 3.63) is 76.4 Å². The van der Waals surface area contributed by atoms with Gasteiger partial charge in [-0.15, -0.1) is 5.10 Å². The highest BCUT2D eigenvalue weighted by Crippen LogP contribution is 2.31. The van der Waals surface area contributed by atoms with E-state index in [9.17, 15) is 9.90 Å². The summed E-state index contributed by atoms with van der Waals surface area (Å²) < 4.78 is 1.84. The molecule has 1 amide bonds. The third-order valence-corrected chi connectivity index (χ3v) is 6.04. The number of halogens is 2. The van der Waals surface area contributed by atoms with Crippen molar-refractivity contribution in [3.63, 3.8) is 0 Å². The van der Waals surface area contributed by atoms with E-state index < -0.39 is 5.91 Å². The lowest BCUT2D eigenvalue weighted by atomic mass is 10.1. The van der Waals surface area contributed by atoms with Crippen LogP contribution < -0.4 is 10.2 Å². The number of hydrogen-bond donors (Lipinski definition) is 2. The van der Waals surface area contributed by atoms with Crippen molar-refractivity contribution >= 4 is 40.6 Å². The summed E-state index contributed by atoms with van der Waals surface area (Å²) >= 11 is 11.9. The number of rotatable bonds is 4. The van der Waals surface area contributed by atoms with E-state index in [1.54, 1.807) is 0 Å². The fraction of sp³-hybridized carbons (Fsp3) is 0.174. The van der Waals surface area contributed by atoms with E-state index in [2.05, 4.69) is 15.2 Å². The molecular formula is C23H19Cl2N5O2. The molecule has 0 saturated carbocycles. The van der Waals surface area contributed by atoms with Gasteiger partial charge in [-0.2, -0.15) is 0 Å². The number of phenolic OH excluding ortho intramolecular Hbond substituents is 1. The molecule has 2 aromatic carbocycles. The fourth-order valence-electron chi connectivity index (χ4n) is 3.93. The molecule has 162 valence electrons. The monoisotopic (exact) mass is 467 g/mol. The van der Waals surface area contributed by atoms with Gasteiger partial charge in [0.2, 0.25) is 0 Å². The third kappa shape index (κ3) is 3.85. The number of carbonyl (C=O) groups is 1. The Hall–Kier alpha value is -3.29. The van der Waals surface area contributed by atoms with E-state index in [0.717, 1.165) is 35.7 Å². The lowest BCUT2D eigenvalue weighted by molar-refractivity contribution is 0.0937. The number of benzene rings is 2. The van der Waals surface area contributed by atoms with Crippen molar-refractivity contribution in [1.82, 2.24) is 19.9 Å². The average molecular weight is 468 g/mol. The lowest BCUT2D eigenvalue weighted by Crippen LogP contribution is -2.37. The topological polar surface area (TPSA) is 82.8 Å². The second kappa shape index (κ2) is 8.33. The largest absolute Gasteiger partial charge is 0.506 e. The zero-order valence-corrected chi connectivity index (χ0v) is 18.4. The molecule has 3 heterocycles. The Labute approximate surface area is 194 Å². The Morgan fingerprint density at radius 3 is 2.75 bits per heavy atom. The van der Waals surface area contributed by atoms with Crippen molar-refractivity contribution in [3.8, 4) is 17.0 Å². The minimum atomic E-state index is -0.414. The quantitative estimate of drug-likeness (QED) is 0.464. The number of imidazole rings is 1. The van der Waals surface area contributed by atoms with Gasteiger partial charge in [-0.3, -0.25) is 4.79 Å². The van der Waals surface area contributed by atoms with Crippen LogP contribution in [0.5, 0.6) is 5.75 Å². The van der Waals surface area contributed by atoms with Crippen LogP contribution in [0.15, 0.2) is 60.8 Å². The van der Waals surface area contributed by atoms with Gasteiger partial charge in [0.05, 0.1) is 22.5 Å². The first-order chi connectivity index (χ1) is 15.5. The summed E-state index contributed by atoms with van der Waals surface area (Å²) in [6, 6.07) is 16.6. The normalized spacial score (nSPS) is 15.9. The van der Waals surface area contributed by atoms with Gasteiger partial charge in [0, 0.05) is 29.7 Å².